The molecule has 1 aliphatic rings. The van der Waals surface area contributed by atoms with Crippen molar-refractivity contribution in [3.8, 4) is 0 Å². The largest absolute Gasteiger partial charge is 0.387 e. The second kappa shape index (κ2) is 1.30. The summed E-state index contributed by atoms with van der Waals surface area (Å²) in [4.78, 5) is 4.78. The Hall–Kier alpha value is -0.920. The van der Waals surface area contributed by atoms with Crippen LogP contribution < -0.4 is 5.48 Å². The van der Waals surface area contributed by atoms with Crippen LogP contribution in [0.25, 0.3) is 0 Å². The number of hydrogen-bond acceptors (Lipinski definition) is 2. The Morgan fingerprint density at radius 2 is 2.57 bits per heavy atom. The van der Waals surface area contributed by atoms with E-state index in [-0.39, 0.29) is 0 Å². The smallest absolute Gasteiger partial charge is 0.131 e. The lowest BCUT2D eigenvalue weighted by atomic mass is 10.4. The van der Waals surface area contributed by atoms with Crippen LogP contribution in [0, 0.1) is 0 Å². The van der Waals surface area contributed by atoms with Gasteiger partial charge in [0.25, 0.3) is 0 Å². The van der Waals surface area contributed by atoms with Gasteiger partial charge in [0.05, 0.1) is 5.70 Å². The fourth-order valence-electron chi connectivity index (χ4n) is 0.450. The fourth-order valence-corrected chi connectivity index (χ4v) is 0.450. The summed E-state index contributed by atoms with van der Waals surface area (Å²) >= 11 is 0. The highest BCUT2D eigenvalue weighted by Crippen LogP contribution is 2.04. The first-order valence-corrected chi connectivity index (χ1v) is 2.09. The third-order valence-corrected chi connectivity index (χ3v) is 0.721. The number of hydroxylamine groups is 1. The van der Waals surface area contributed by atoms with Crippen molar-refractivity contribution in [3.05, 3.63) is 24.1 Å². The lowest BCUT2D eigenvalue weighted by molar-refractivity contribution is 0.157. The normalized spacial score (nSPS) is 17.9. The van der Waals surface area contributed by atoms with Crippen molar-refractivity contribution in [1.82, 2.24) is 5.48 Å². The summed E-state index contributed by atoms with van der Waals surface area (Å²) in [5.74, 6) is 0.866. The van der Waals surface area contributed by atoms with Gasteiger partial charge in [-0.15, -0.1) is 0 Å². The third kappa shape index (κ3) is 0.738. The van der Waals surface area contributed by atoms with E-state index in [9.17, 15) is 0 Å². The number of hydrogen-bond donors (Lipinski definition) is 1. The average molecular weight is 97.1 g/mol. The molecule has 0 amide bonds. The molecule has 0 fully saturated rings. The molecule has 0 atom stereocenters. The minimum atomic E-state index is 0.817. The van der Waals surface area contributed by atoms with Crippen molar-refractivity contribution in [2.75, 3.05) is 0 Å². The van der Waals surface area contributed by atoms with Gasteiger partial charge in [-0.2, -0.15) is 0 Å². The molecular formula is C5H7NO. The predicted octanol–water partition coefficient (Wildman–Crippen LogP) is 0.939. The zero-order valence-electron chi connectivity index (χ0n) is 4.19. The Morgan fingerprint density at radius 3 is 2.71 bits per heavy atom. The Bertz CT molecular complexity index is 126. The molecule has 0 aromatic heterocycles. The van der Waals surface area contributed by atoms with E-state index in [1.807, 2.05) is 13.0 Å². The van der Waals surface area contributed by atoms with Crippen LogP contribution in [0.15, 0.2) is 24.1 Å². The highest BCUT2D eigenvalue weighted by atomic mass is 16.7. The lowest BCUT2D eigenvalue weighted by Crippen LogP contribution is -2.00. The van der Waals surface area contributed by atoms with Crippen LogP contribution in [0.3, 0.4) is 0 Å². The van der Waals surface area contributed by atoms with Crippen LogP contribution >= 0.6 is 0 Å². The summed E-state index contributed by atoms with van der Waals surface area (Å²) in [7, 11) is 0. The quantitative estimate of drug-likeness (QED) is 0.485. The van der Waals surface area contributed by atoms with Crippen molar-refractivity contribution in [1.29, 1.82) is 0 Å². The van der Waals surface area contributed by atoms with Gasteiger partial charge in [-0.1, -0.05) is 6.58 Å². The molecular weight excluding hydrogens is 90.1 g/mol. The Kier molecular flexibility index (Phi) is 0.785. The Labute approximate surface area is 42.4 Å². The average Bonchev–Trinajstić information content (AvgIpc) is 1.87. The van der Waals surface area contributed by atoms with Crippen molar-refractivity contribution < 1.29 is 4.84 Å². The molecule has 0 saturated heterocycles. The maximum atomic E-state index is 4.78. The zero-order valence-corrected chi connectivity index (χ0v) is 4.19. The molecule has 2 heteroatoms. The molecule has 38 valence electrons. The van der Waals surface area contributed by atoms with Gasteiger partial charge in [0.15, 0.2) is 0 Å². The summed E-state index contributed by atoms with van der Waals surface area (Å²) in [6.07, 6.45) is 1.83. The highest BCUT2D eigenvalue weighted by Gasteiger charge is 1.99. The molecule has 0 radical (unpaired) electrons. The SMILES string of the molecule is C=C1C=C(C)ON1. The topological polar surface area (TPSA) is 21.3 Å². The minimum Gasteiger partial charge on any atom is -0.387 e. The third-order valence-electron chi connectivity index (χ3n) is 0.721. The molecule has 2 nitrogen and oxygen atoms in total. The zero-order chi connectivity index (χ0) is 5.28. The van der Waals surface area contributed by atoms with E-state index < -0.39 is 0 Å². The summed E-state index contributed by atoms with van der Waals surface area (Å²) in [5.41, 5.74) is 3.40. The Balaban J connectivity index is 2.67. The van der Waals surface area contributed by atoms with Gasteiger partial charge in [-0.05, 0) is 6.92 Å². The van der Waals surface area contributed by atoms with Crippen LogP contribution in [0.4, 0.5) is 0 Å². The van der Waals surface area contributed by atoms with Gasteiger partial charge >= 0.3 is 0 Å². The second-order valence-electron chi connectivity index (χ2n) is 1.48. The molecule has 1 rings (SSSR count). The van der Waals surface area contributed by atoms with E-state index in [0.29, 0.717) is 0 Å². The van der Waals surface area contributed by atoms with E-state index >= 15 is 0 Å². The van der Waals surface area contributed by atoms with Crippen molar-refractivity contribution in [2.24, 2.45) is 0 Å². The highest BCUT2D eigenvalue weighted by molar-refractivity contribution is 5.17. The molecule has 0 spiro atoms. The monoisotopic (exact) mass is 97.1 g/mol. The van der Waals surface area contributed by atoms with Gasteiger partial charge in [0.2, 0.25) is 0 Å². The van der Waals surface area contributed by atoms with Crippen LogP contribution in [0.1, 0.15) is 6.92 Å². The summed E-state index contributed by atoms with van der Waals surface area (Å²) in [5, 5.41) is 0. The maximum absolute atomic E-state index is 4.78. The first kappa shape index (κ1) is 4.24. The molecule has 0 saturated carbocycles. The number of allylic oxidation sites excluding steroid dienone is 2. The van der Waals surface area contributed by atoms with Gasteiger partial charge in [0, 0.05) is 6.08 Å². The van der Waals surface area contributed by atoms with Gasteiger partial charge in [-0.25, -0.2) is 5.48 Å². The summed E-state index contributed by atoms with van der Waals surface area (Å²) in [6.45, 7) is 5.46. The van der Waals surface area contributed by atoms with Gasteiger partial charge in [-0.3, -0.25) is 0 Å². The molecule has 0 aliphatic carbocycles. The maximum Gasteiger partial charge on any atom is 0.131 e. The van der Waals surface area contributed by atoms with Crippen LogP contribution in [0.2, 0.25) is 0 Å². The van der Waals surface area contributed by atoms with E-state index in [1.54, 1.807) is 0 Å². The molecule has 1 heterocycles. The first-order chi connectivity index (χ1) is 3.29. The van der Waals surface area contributed by atoms with Crippen LogP contribution in [0.5, 0.6) is 0 Å². The molecule has 1 aliphatic heterocycles. The summed E-state index contributed by atoms with van der Waals surface area (Å²) < 4.78 is 0. The predicted molar refractivity (Wildman–Crippen MR) is 27.1 cm³/mol. The van der Waals surface area contributed by atoms with Gasteiger partial charge < -0.3 is 4.84 Å². The molecule has 0 aromatic rings. The van der Waals surface area contributed by atoms with E-state index in [1.165, 1.54) is 0 Å². The Morgan fingerprint density at radius 1 is 1.86 bits per heavy atom. The molecule has 0 unspecified atom stereocenters. The molecule has 1 N–H and O–H groups in total. The standard InChI is InChI=1S/C5H7NO/c1-4-3-5(2)7-6-4/h3,6H,1H2,2H3. The lowest BCUT2D eigenvalue weighted by Gasteiger charge is -1.93. The number of rotatable bonds is 0. The fraction of sp³-hybridized carbons (Fsp3) is 0.200. The van der Waals surface area contributed by atoms with Crippen molar-refractivity contribution >= 4 is 0 Å². The first-order valence-electron chi connectivity index (χ1n) is 2.09. The molecule has 0 aromatic carbocycles. The van der Waals surface area contributed by atoms with Crippen LogP contribution in [-0.2, 0) is 4.84 Å². The van der Waals surface area contributed by atoms with Crippen molar-refractivity contribution in [3.63, 3.8) is 0 Å². The van der Waals surface area contributed by atoms with Crippen LogP contribution in [-0.4, -0.2) is 0 Å². The number of nitrogens with one attached hydrogen (secondary N) is 1. The second-order valence-corrected chi connectivity index (χ2v) is 1.48. The molecule has 0 bridgehead atoms. The summed E-state index contributed by atoms with van der Waals surface area (Å²) in [6, 6.07) is 0. The van der Waals surface area contributed by atoms with Gasteiger partial charge in [0.1, 0.15) is 5.76 Å². The van der Waals surface area contributed by atoms with E-state index in [0.717, 1.165) is 11.5 Å². The molecule has 7 heavy (non-hydrogen) atoms. The van der Waals surface area contributed by atoms with Crippen molar-refractivity contribution in [2.45, 2.75) is 6.92 Å². The minimum absolute atomic E-state index is 0.817. The van der Waals surface area contributed by atoms with E-state index in [4.69, 9.17) is 4.84 Å². The van der Waals surface area contributed by atoms with E-state index in [2.05, 4.69) is 12.1 Å².